The van der Waals surface area contributed by atoms with Gasteiger partial charge in [-0.05, 0) is 19.4 Å². The van der Waals surface area contributed by atoms with E-state index in [9.17, 15) is 0 Å². The van der Waals surface area contributed by atoms with Gasteiger partial charge in [0.15, 0.2) is 5.82 Å². The summed E-state index contributed by atoms with van der Waals surface area (Å²) in [6.07, 6.45) is 4.42. The van der Waals surface area contributed by atoms with Gasteiger partial charge in [0.1, 0.15) is 11.6 Å². The van der Waals surface area contributed by atoms with Crippen LogP contribution in [0.3, 0.4) is 0 Å². The van der Waals surface area contributed by atoms with Crippen LogP contribution in [0.5, 0.6) is 0 Å². The van der Waals surface area contributed by atoms with E-state index in [4.69, 9.17) is 4.52 Å². The van der Waals surface area contributed by atoms with Gasteiger partial charge in [0.2, 0.25) is 5.95 Å². The number of hydrogen-bond donors (Lipinski definition) is 1. The zero-order chi connectivity index (χ0) is 20.1. The van der Waals surface area contributed by atoms with Crippen molar-refractivity contribution in [2.45, 2.75) is 13.8 Å². The molecule has 0 aliphatic carbocycles. The van der Waals surface area contributed by atoms with E-state index in [2.05, 4.69) is 66.7 Å². The third-order valence-electron chi connectivity index (χ3n) is 4.88. The van der Waals surface area contributed by atoms with Crippen LogP contribution in [0.1, 0.15) is 17.0 Å². The van der Waals surface area contributed by atoms with Crippen LogP contribution in [0.15, 0.2) is 53.1 Å². The van der Waals surface area contributed by atoms with Crippen molar-refractivity contribution in [2.75, 3.05) is 42.9 Å². The molecule has 1 saturated heterocycles. The van der Waals surface area contributed by atoms with Gasteiger partial charge in [-0.15, -0.1) is 0 Å². The van der Waals surface area contributed by atoms with Gasteiger partial charge in [-0.2, -0.15) is 4.98 Å². The molecule has 29 heavy (non-hydrogen) atoms. The summed E-state index contributed by atoms with van der Waals surface area (Å²) in [5.41, 5.74) is 2.16. The third kappa shape index (κ3) is 5.20. The predicted molar refractivity (Wildman–Crippen MR) is 115 cm³/mol. The Labute approximate surface area is 171 Å². The van der Waals surface area contributed by atoms with E-state index >= 15 is 0 Å². The standard InChI is InChI=1S/C22H26N6O/c1-17-15-21(25-22(23-17)24-20-16-18(2)29-26-20)28-13-11-27(12-14-28)10-6-9-19-7-4-3-5-8-19/h3-9,15-16H,10-14H2,1-2H3,(H,23,24,25,26)/b9-6+. The van der Waals surface area contributed by atoms with Crippen LogP contribution in [0.4, 0.5) is 17.6 Å². The molecule has 3 heterocycles. The van der Waals surface area contributed by atoms with Gasteiger partial charge in [0, 0.05) is 50.6 Å². The van der Waals surface area contributed by atoms with Crippen LogP contribution in [0.25, 0.3) is 6.08 Å². The zero-order valence-electron chi connectivity index (χ0n) is 16.9. The van der Waals surface area contributed by atoms with E-state index in [0.29, 0.717) is 11.8 Å². The van der Waals surface area contributed by atoms with Gasteiger partial charge in [-0.3, -0.25) is 4.90 Å². The van der Waals surface area contributed by atoms with Gasteiger partial charge in [-0.1, -0.05) is 47.6 Å². The van der Waals surface area contributed by atoms with Crippen LogP contribution < -0.4 is 10.2 Å². The second kappa shape index (κ2) is 8.87. The lowest BCUT2D eigenvalue weighted by molar-refractivity contribution is 0.283. The topological polar surface area (TPSA) is 70.3 Å². The summed E-state index contributed by atoms with van der Waals surface area (Å²) >= 11 is 0. The maximum absolute atomic E-state index is 5.10. The molecule has 3 aromatic rings. The maximum Gasteiger partial charge on any atom is 0.230 e. The van der Waals surface area contributed by atoms with Crippen molar-refractivity contribution in [3.63, 3.8) is 0 Å². The monoisotopic (exact) mass is 390 g/mol. The quantitative estimate of drug-likeness (QED) is 0.689. The van der Waals surface area contributed by atoms with Crippen LogP contribution >= 0.6 is 0 Å². The first-order chi connectivity index (χ1) is 14.2. The Bertz CT molecular complexity index is 960. The number of aryl methyl sites for hydroxylation is 2. The number of piperazine rings is 1. The summed E-state index contributed by atoms with van der Waals surface area (Å²) in [5, 5.41) is 7.07. The summed E-state index contributed by atoms with van der Waals surface area (Å²) in [4.78, 5) is 13.9. The lowest BCUT2D eigenvalue weighted by Crippen LogP contribution is -2.46. The summed E-state index contributed by atoms with van der Waals surface area (Å²) < 4.78 is 5.10. The summed E-state index contributed by atoms with van der Waals surface area (Å²) in [7, 11) is 0. The summed E-state index contributed by atoms with van der Waals surface area (Å²) in [6.45, 7) is 8.70. The highest BCUT2D eigenvalue weighted by Crippen LogP contribution is 2.19. The Morgan fingerprint density at radius 3 is 2.55 bits per heavy atom. The first-order valence-corrected chi connectivity index (χ1v) is 9.91. The smallest absolute Gasteiger partial charge is 0.230 e. The number of nitrogens with one attached hydrogen (secondary N) is 1. The van der Waals surface area contributed by atoms with E-state index in [0.717, 1.165) is 50.0 Å². The van der Waals surface area contributed by atoms with Crippen LogP contribution in [-0.2, 0) is 0 Å². The molecule has 4 rings (SSSR count). The summed E-state index contributed by atoms with van der Waals surface area (Å²) in [6, 6.07) is 14.3. The second-order valence-electron chi connectivity index (χ2n) is 7.24. The molecular formula is C22H26N6O. The molecule has 7 heteroatoms. The second-order valence-corrected chi connectivity index (χ2v) is 7.24. The lowest BCUT2D eigenvalue weighted by Gasteiger charge is -2.35. The highest BCUT2D eigenvalue weighted by molar-refractivity contribution is 5.52. The molecule has 1 fully saturated rings. The molecule has 1 N–H and O–H groups in total. The first kappa shape index (κ1) is 19.1. The Morgan fingerprint density at radius 2 is 1.83 bits per heavy atom. The molecule has 1 aliphatic heterocycles. The number of benzene rings is 1. The molecule has 0 atom stereocenters. The average molecular weight is 390 g/mol. The van der Waals surface area contributed by atoms with Crippen molar-refractivity contribution in [3.05, 3.63) is 65.6 Å². The molecule has 150 valence electrons. The molecule has 0 spiro atoms. The van der Waals surface area contributed by atoms with Gasteiger partial charge >= 0.3 is 0 Å². The normalized spacial score (nSPS) is 15.2. The van der Waals surface area contributed by atoms with E-state index in [1.165, 1.54) is 5.56 Å². The highest BCUT2D eigenvalue weighted by atomic mass is 16.5. The molecule has 0 radical (unpaired) electrons. The number of aromatic nitrogens is 3. The number of nitrogens with zero attached hydrogens (tertiary/aromatic N) is 5. The third-order valence-corrected chi connectivity index (χ3v) is 4.88. The Morgan fingerprint density at radius 1 is 1.03 bits per heavy atom. The Kier molecular flexibility index (Phi) is 5.86. The average Bonchev–Trinajstić information content (AvgIpc) is 3.13. The molecule has 7 nitrogen and oxygen atoms in total. The van der Waals surface area contributed by atoms with Crippen molar-refractivity contribution in [1.29, 1.82) is 0 Å². The van der Waals surface area contributed by atoms with Gasteiger partial charge in [0.25, 0.3) is 0 Å². The fourth-order valence-corrected chi connectivity index (χ4v) is 3.37. The van der Waals surface area contributed by atoms with E-state index in [1.54, 1.807) is 0 Å². The van der Waals surface area contributed by atoms with Crippen molar-refractivity contribution >= 4 is 23.7 Å². The zero-order valence-corrected chi connectivity index (χ0v) is 16.9. The molecule has 2 aromatic heterocycles. The highest BCUT2D eigenvalue weighted by Gasteiger charge is 2.18. The predicted octanol–water partition coefficient (Wildman–Crippen LogP) is 3.66. The Hall–Kier alpha value is -3.19. The molecular weight excluding hydrogens is 364 g/mol. The lowest BCUT2D eigenvalue weighted by atomic mass is 10.2. The largest absolute Gasteiger partial charge is 0.360 e. The molecule has 1 aromatic carbocycles. The minimum absolute atomic E-state index is 0.543. The van der Waals surface area contributed by atoms with Crippen molar-refractivity contribution in [3.8, 4) is 0 Å². The Balaban J connectivity index is 1.34. The van der Waals surface area contributed by atoms with Gasteiger partial charge < -0.3 is 14.7 Å². The molecule has 0 amide bonds. The number of anilines is 3. The minimum atomic E-state index is 0.543. The van der Waals surface area contributed by atoms with Crippen molar-refractivity contribution in [2.24, 2.45) is 0 Å². The fraction of sp³-hybridized carbons (Fsp3) is 0.318. The fourth-order valence-electron chi connectivity index (χ4n) is 3.37. The van der Waals surface area contributed by atoms with Gasteiger partial charge in [0.05, 0.1) is 0 Å². The van der Waals surface area contributed by atoms with Crippen molar-refractivity contribution < 1.29 is 4.52 Å². The number of hydrogen-bond acceptors (Lipinski definition) is 7. The van der Waals surface area contributed by atoms with E-state index in [1.807, 2.05) is 32.0 Å². The molecule has 0 unspecified atom stereocenters. The van der Waals surface area contributed by atoms with Crippen LogP contribution in [0.2, 0.25) is 0 Å². The summed E-state index contributed by atoms with van der Waals surface area (Å²) in [5.74, 6) is 2.85. The number of rotatable bonds is 6. The van der Waals surface area contributed by atoms with E-state index < -0.39 is 0 Å². The molecule has 0 saturated carbocycles. The van der Waals surface area contributed by atoms with Crippen LogP contribution in [0, 0.1) is 13.8 Å². The van der Waals surface area contributed by atoms with Crippen LogP contribution in [-0.4, -0.2) is 52.7 Å². The van der Waals surface area contributed by atoms with E-state index in [-0.39, 0.29) is 0 Å². The van der Waals surface area contributed by atoms with Gasteiger partial charge in [-0.25, -0.2) is 4.98 Å². The van der Waals surface area contributed by atoms with Crippen molar-refractivity contribution in [1.82, 2.24) is 20.0 Å². The minimum Gasteiger partial charge on any atom is -0.360 e. The molecule has 0 bridgehead atoms. The molecule has 1 aliphatic rings. The first-order valence-electron chi connectivity index (χ1n) is 9.91. The maximum atomic E-state index is 5.10. The SMILES string of the molecule is Cc1cc(N2CCN(C/C=C/c3ccccc3)CC2)nc(Nc2cc(C)on2)n1.